The molecule has 0 radical (unpaired) electrons. The highest BCUT2D eigenvalue weighted by Gasteiger charge is 2.24. The summed E-state index contributed by atoms with van der Waals surface area (Å²) in [5.74, 6) is 1.45. The van der Waals surface area contributed by atoms with Gasteiger partial charge in [-0.05, 0) is 26.2 Å². The van der Waals surface area contributed by atoms with Crippen LogP contribution in [0.25, 0.3) is 0 Å². The average Bonchev–Trinajstić information content (AvgIpc) is 2.75. The van der Waals surface area contributed by atoms with Gasteiger partial charge in [0.25, 0.3) is 0 Å². The first-order valence-corrected chi connectivity index (χ1v) is 4.84. The van der Waals surface area contributed by atoms with Gasteiger partial charge in [0.1, 0.15) is 5.76 Å². The zero-order valence-corrected chi connectivity index (χ0v) is 8.55. The Morgan fingerprint density at radius 2 is 2.00 bits per heavy atom. The number of furan rings is 1. The summed E-state index contributed by atoms with van der Waals surface area (Å²) < 4.78 is 5.46. The monoisotopic (exact) mass is 189 g/mol. The summed E-state index contributed by atoms with van der Waals surface area (Å²) in [6.45, 7) is 0. The van der Waals surface area contributed by atoms with Crippen LogP contribution in [0.4, 0.5) is 0 Å². The Morgan fingerprint density at radius 1 is 1.29 bits per heavy atom. The van der Waals surface area contributed by atoms with Gasteiger partial charge in [-0.15, -0.1) is 0 Å². The highest BCUT2D eigenvalue weighted by Crippen LogP contribution is 2.31. The molecule has 0 amide bonds. The summed E-state index contributed by atoms with van der Waals surface area (Å²) in [6.07, 6.45) is 10.3. The summed E-state index contributed by atoms with van der Waals surface area (Å²) in [5, 5.41) is 0. The lowest BCUT2D eigenvalue weighted by Gasteiger charge is -2.25. The standard InChI is InChI=1S/C12H15NO/c1-13(2)12(10-6-3-4-7-10)11-8-5-9-14-11/h3-10,12H,1-2H3. The number of nitrogens with zero attached hydrogens (tertiary/aromatic N) is 1. The molecule has 1 aliphatic carbocycles. The van der Waals surface area contributed by atoms with Crippen molar-refractivity contribution >= 4 is 0 Å². The van der Waals surface area contributed by atoms with Gasteiger partial charge in [0, 0.05) is 5.92 Å². The maximum Gasteiger partial charge on any atom is 0.121 e. The third-order valence-corrected chi connectivity index (χ3v) is 2.53. The van der Waals surface area contributed by atoms with Crippen molar-refractivity contribution in [2.75, 3.05) is 14.1 Å². The lowest BCUT2D eigenvalue weighted by Crippen LogP contribution is -2.24. The van der Waals surface area contributed by atoms with Crippen LogP contribution in [0.5, 0.6) is 0 Å². The molecule has 1 aromatic rings. The molecule has 0 bridgehead atoms. The molecule has 1 heterocycles. The van der Waals surface area contributed by atoms with Crippen molar-refractivity contribution in [3.63, 3.8) is 0 Å². The van der Waals surface area contributed by atoms with Crippen molar-refractivity contribution in [3.8, 4) is 0 Å². The predicted molar refractivity (Wildman–Crippen MR) is 56.9 cm³/mol. The van der Waals surface area contributed by atoms with Crippen LogP contribution in [0, 0.1) is 5.92 Å². The van der Waals surface area contributed by atoms with E-state index in [2.05, 4.69) is 43.3 Å². The summed E-state index contributed by atoms with van der Waals surface area (Å²) in [4.78, 5) is 2.18. The largest absolute Gasteiger partial charge is 0.468 e. The van der Waals surface area contributed by atoms with Crippen LogP contribution in [0.15, 0.2) is 47.1 Å². The molecule has 0 N–H and O–H groups in total. The lowest BCUT2D eigenvalue weighted by atomic mass is 9.98. The Bertz CT molecular complexity index is 323. The van der Waals surface area contributed by atoms with Crippen molar-refractivity contribution in [2.45, 2.75) is 6.04 Å². The highest BCUT2D eigenvalue weighted by molar-refractivity contribution is 5.23. The second-order valence-corrected chi connectivity index (χ2v) is 3.77. The van der Waals surface area contributed by atoms with E-state index in [1.807, 2.05) is 12.1 Å². The first-order chi connectivity index (χ1) is 6.79. The number of allylic oxidation sites excluding steroid dienone is 2. The molecule has 2 nitrogen and oxygen atoms in total. The minimum absolute atomic E-state index is 0.306. The van der Waals surface area contributed by atoms with Gasteiger partial charge in [-0.3, -0.25) is 4.90 Å². The third-order valence-electron chi connectivity index (χ3n) is 2.53. The van der Waals surface area contributed by atoms with Crippen molar-refractivity contribution < 1.29 is 4.42 Å². The molecule has 1 aliphatic rings. The van der Waals surface area contributed by atoms with Gasteiger partial charge in [-0.2, -0.15) is 0 Å². The summed E-state index contributed by atoms with van der Waals surface area (Å²) >= 11 is 0. The first-order valence-electron chi connectivity index (χ1n) is 4.84. The second kappa shape index (κ2) is 3.84. The SMILES string of the molecule is CN(C)C(c1ccco1)C1C=CC=C1. The Kier molecular flexibility index (Phi) is 2.55. The van der Waals surface area contributed by atoms with Gasteiger partial charge in [0.05, 0.1) is 12.3 Å². The summed E-state index contributed by atoms with van der Waals surface area (Å²) in [5.41, 5.74) is 0. The maximum absolute atomic E-state index is 5.46. The molecule has 0 aliphatic heterocycles. The van der Waals surface area contributed by atoms with Gasteiger partial charge < -0.3 is 4.42 Å². The molecule has 0 saturated heterocycles. The zero-order chi connectivity index (χ0) is 9.97. The molecule has 2 rings (SSSR count). The Labute approximate surface area is 84.5 Å². The van der Waals surface area contributed by atoms with Crippen molar-refractivity contribution in [1.29, 1.82) is 0 Å². The van der Waals surface area contributed by atoms with E-state index in [4.69, 9.17) is 4.42 Å². The van der Waals surface area contributed by atoms with E-state index in [0.717, 1.165) is 5.76 Å². The quantitative estimate of drug-likeness (QED) is 0.726. The van der Waals surface area contributed by atoms with Crippen LogP contribution in [-0.4, -0.2) is 19.0 Å². The number of rotatable bonds is 3. The van der Waals surface area contributed by atoms with Gasteiger partial charge in [-0.25, -0.2) is 0 Å². The normalized spacial score (nSPS) is 18.2. The minimum atomic E-state index is 0.306. The van der Waals surface area contributed by atoms with Crippen LogP contribution in [0.3, 0.4) is 0 Å². The molecule has 0 saturated carbocycles. The molecular weight excluding hydrogens is 174 g/mol. The van der Waals surface area contributed by atoms with Crippen molar-refractivity contribution in [2.24, 2.45) is 5.92 Å². The molecule has 0 spiro atoms. The van der Waals surface area contributed by atoms with Crippen LogP contribution in [-0.2, 0) is 0 Å². The molecule has 1 atom stereocenters. The fourth-order valence-electron chi connectivity index (χ4n) is 1.91. The van der Waals surface area contributed by atoms with E-state index >= 15 is 0 Å². The van der Waals surface area contributed by atoms with E-state index < -0.39 is 0 Å². The van der Waals surface area contributed by atoms with E-state index in [-0.39, 0.29) is 0 Å². The Hall–Kier alpha value is -1.28. The van der Waals surface area contributed by atoms with Crippen molar-refractivity contribution in [3.05, 3.63) is 48.5 Å². The van der Waals surface area contributed by atoms with Gasteiger partial charge in [0.2, 0.25) is 0 Å². The van der Waals surface area contributed by atoms with E-state index in [1.165, 1.54) is 0 Å². The zero-order valence-electron chi connectivity index (χ0n) is 8.55. The molecule has 2 heteroatoms. The maximum atomic E-state index is 5.46. The Morgan fingerprint density at radius 3 is 2.50 bits per heavy atom. The van der Waals surface area contributed by atoms with Gasteiger partial charge in [0.15, 0.2) is 0 Å². The summed E-state index contributed by atoms with van der Waals surface area (Å²) in [7, 11) is 4.15. The minimum Gasteiger partial charge on any atom is -0.468 e. The van der Waals surface area contributed by atoms with Crippen LogP contribution < -0.4 is 0 Å². The first kappa shape index (κ1) is 9.28. The average molecular weight is 189 g/mol. The van der Waals surface area contributed by atoms with E-state index in [0.29, 0.717) is 12.0 Å². The number of hydrogen-bond acceptors (Lipinski definition) is 2. The molecule has 74 valence electrons. The number of hydrogen-bond donors (Lipinski definition) is 0. The summed E-state index contributed by atoms with van der Waals surface area (Å²) in [6, 6.07) is 4.28. The lowest BCUT2D eigenvalue weighted by molar-refractivity contribution is 0.230. The molecule has 1 aromatic heterocycles. The fourth-order valence-corrected chi connectivity index (χ4v) is 1.91. The topological polar surface area (TPSA) is 16.4 Å². The Balaban J connectivity index is 2.24. The smallest absolute Gasteiger partial charge is 0.121 e. The molecule has 14 heavy (non-hydrogen) atoms. The van der Waals surface area contributed by atoms with Gasteiger partial charge in [-0.1, -0.05) is 24.3 Å². The van der Waals surface area contributed by atoms with Crippen LogP contribution >= 0.6 is 0 Å². The molecular formula is C12H15NO. The molecule has 0 aromatic carbocycles. The van der Waals surface area contributed by atoms with Gasteiger partial charge >= 0.3 is 0 Å². The van der Waals surface area contributed by atoms with E-state index in [9.17, 15) is 0 Å². The fraction of sp³-hybridized carbons (Fsp3) is 0.333. The van der Waals surface area contributed by atoms with Crippen LogP contribution in [0.2, 0.25) is 0 Å². The third kappa shape index (κ3) is 1.66. The van der Waals surface area contributed by atoms with Crippen molar-refractivity contribution in [1.82, 2.24) is 4.90 Å². The van der Waals surface area contributed by atoms with Crippen LogP contribution in [0.1, 0.15) is 11.8 Å². The predicted octanol–water partition coefficient (Wildman–Crippen LogP) is 2.62. The second-order valence-electron chi connectivity index (χ2n) is 3.77. The highest BCUT2D eigenvalue weighted by atomic mass is 16.3. The molecule has 1 unspecified atom stereocenters. The van der Waals surface area contributed by atoms with E-state index in [1.54, 1.807) is 6.26 Å². The molecule has 0 fully saturated rings.